The van der Waals surface area contributed by atoms with Crippen molar-refractivity contribution in [2.75, 3.05) is 31.1 Å². The van der Waals surface area contributed by atoms with E-state index >= 15 is 0 Å². The molecule has 1 aliphatic rings. The third-order valence-electron chi connectivity index (χ3n) is 6.06. The molecule has 0 bridgehead atoms. The predicted octanol–water partition coefficient (Wildman–Crippen LogP) is 6.07. The summed E-state index contributed by atoms with van der Waals surface area (Å²) in [6, 6.07) is 24.3. The van der Waals surface area contributed by atoms with E-state index in [1.165, 1.54) is 5.56 Å². The highest BCUT2D eigenvalue weighted by atomic mass is 35.5. The third-order valence-corrected chi connectivity index (χ3v) is 6.61. The predicted molar refractivity (Wildman–Crippen MR) is 130 cm³/mol. The third kappa shape index (κ3) is 5.07. The van der Waals surface area contributed by atoms with E-state index in [0.717, 1.165) is 46.5 Å². The van der Waals surface area contributed by atoms with Crippen LogP contribution in [0.4, 0.5) is 5.69 Å². The zero-order chi connectivity index (χ0) is 22.0. The molecule has 1 heterocycles. The fraction of sp³-hybridized carbons (Fsp3) is 0.308. The van der Waals surface area contributed by atoms with Gasteiger partial charge in [-0.25, -0.2) is 0 Å². The average molecular weight is 455 g/mol. The number of halogens is 2. The van der Waals surface area contributed by atoms with Crippen molar-refractivity contribution in [3.8, 4) is 0 Å². The van der Waals surface area contributed by atoms with Crippen LogP contribution >= 0.6 is 23.2 Å². The van der Waals surface area contributed by atoms with Gasteiger partial charge in [0.2, 0.25) is 0 Å². The van der Waals surface area contributed by atoms with Crippen LogP contribution < -0.4 is 4.90 Å². The first-order chi connectivity index (χ1) is 14.8. The van der Waals surface area contributed by atoms with Gasteiger partial charge in [0.05, 0.1) is 22.4 Å². The second kappa shape index (κ2) is 9.22. The number of hydrogen-bond donors (Lipinski definition) is 1. The maximum Gasteiger partial charge on any atom is 0.0994 e. The molecule has 0 aliphatic carbocycles. The molecule has 2 atom stereocenters. The number of hydrogen-bond acceptors (Lipinski definition) is 3. The first-order valence-electron chi connectivity index (χ1n) is 10.6. The molecule has 3 aromatic carbocycles. The number of piperazine rings is 1. The second-order valence-electron chi connectivity index (χ2n) is 8.59. The zero-order valence-corrected chi connectivity index (χ0v) is 19.4. The summed E-state index contributed by atoms with van der Waals surface area (Å²) in [6.07, 6.45) is 0. The van der Waals surface area contributed by atoms with Gasteiger partial charge in [0.1, 0.15) is 0 Å². The molecule has 1 fully saturated rings. The van der Waals surface area contributed by atoms with Crippen molar-refractivity contribution in [3.63, 3.8) is 0 Å². The van der Waals surface area contributed by atoms with Gasteiger partial charge in [-0.05, 0) is 54.8 Å². The number of nitrogens with zero attached hydrogens (tertiary/aromatic N) is 2. The standard InChI is InChI=1S/C26H28Cl2N2O/c1-19-8-13-24(23(28)16-19)30-15-14-29(17-25(30)20-9-11-22(27)12-10-20)18-26(2,31)21-6-4-3-5-7-21/h3-13,16,25,31H,14-15,17-18H2,1-2H3/t25-,26+/m0/s1. The fourth-order valence-corrected chi connectivity index (χ4v) is 4.88. The molecule has 1 saturated heterocycles. The van der Waals surface area contributed by atoms with E-state index in [1.54, 1.807) is 0 Å². The molecule has 1 N–H and O–H groups in total. The molecule has 0 aromatic heterocycles. The number of benzene rings is 3. The minimum Gasteiger partial charge on any atom is -0.384 e. The lowest BCUT2D eigenvalue weighted by Crippen LogP contribution is -2.52. The highest BCUT2D eigenvalue weighted by Gasteiger charge is 2.33. The summed E-state index contributed by atoms with van der Waals surface area (Å²) in [5.74, 6) is 0. The van der Waals surface area contributed by atoms with E-state index in [-0.39, 0.29) is 6.04 Å². The molecule has 162 valence electrons. The maximum atomic E-state index is 11.2. The molecular formula is C26H28Cl2N2O. The van der Waals surface area contributed by atoms with Crippen LogP contribution in [0.25, 0.3) is 0 Å². The fourth-order valence-electron chi connectivity index (χ4n) is 4.41. The Morgan fingerprint density at radius 1 is 0.968 bits per heavy atom. The SMILES string of the molecule is Cc1ccc(N2CCN(C[C@@](C)(O)c3ccccc3)C[C@H]2c2ccc(Cl)cc2)c(Cl)c1. The van der Waals surface area contributed by atoms with Crippen LogP contribution in [0, 0.1) is 6.92 Å². The van der Waals surface area contributed by atoms with Crippen LogP contribution in [-0.2, 0) is 5.60 Å². The molecule has 4 rings (SSSR count). The normalized spacial score (nSPS) is 19.3. The summed E-state index contributed by atoms with van der Waals surface area (Å²) in [5.41, 5.74) is 3.39. The van der Waals surface area contributed by atoms with E-state index in [2.05, 4.69) is 41.0 Å². The summed E-state index contributed by atoms with van der Waals surface area (Å²) >= 11 is 12.8. The highest BCUT2D eigenvalue weighted by molar-refractivity contribution is 6.33. The first-order valence-corrected chi connectivity index (χ1v) is 11.4. The van der Waals surface area contributed by atoms with Crippen molar-refractivity contribution in [3.05, 3.63) is 99.5 Å². The van der Waals surface area contributed by atoms with Gasteiger partial charge in [-0.1, -0.05) is 71.7 Å². The van der Waals surface area contributed by atoms with E-state index in [0.29, 0.717) is 6.54 Å². The maximum absolute atomic E-state index is 11.2. The summed E-state index contributed by atoms with van der Waals surface area (Å²) in [5, 5.41) is 12.7. The molecule has 3 nitrogen and oxygen atoms in total. The monoisotopic (exact) mass is 454 g/mol. The summed E-state index contributed by atoms with van der Waals surface area (Å²) in [4.78, 5) is 4.71. The lowest BCUT2D eigenvalue weighted by Gasteiger charge is -2.45. The van der Waals surface area contributed by atoms with Gasteiger partial charge in [0, 0.05) is 31.2 Å². The zero-order valence-electron chi connectivity index (χ0n) is 17.9. The number of rotatable bonds is 5. The molecule has 0 spiro atoms. The Morgan fingerprint density at radius 3 is 2.35 bits per heavy atom. The van der Waals surface area contributed by atoms with E-state index in [1.807, 2.05) is 55.5 Å². The smallest absolute Gasteiger partial charge is 0.0994 e. The number of aryl methyl sites for hydroxylation is 1. The van der Waals surface area contributed by atoms with Gasteiger partial charge in [0.25, 0.3) is 0 Å². The lowest BCUT2D eigenvalue weighted by molar-refractivity contribution is 0.0103. The molecule has 0 unspecified atom stereocenters. The van der Waals surface area contributed by atoms with Crippen molar-refractivity contribution < 1.29 is 5.11 Å². The van der Waals surface area contributed by atoms with Crippen molar-refractivity contribution >= 4 is 28.9 Å². The van der Waals surface area contributed by atoms with Crippen molar-refractivity contribution in [2.24, 2.45) is 0 Å². The van der Waals surface area contributed by atoms with Gasteiger partial charge in [0.15, 0.2) is 0 Å². The van der Waals surface area contributed by atoms with Crippen LogP contribution in [0.1, 0.15) is 29.7 Å². The number of aliphatic hydroxyl groups is 1. The molecular weight excluding hydrogens is 427 g/mol. The Bertz CT molecular complexity index is 1020. The van der Waals surface area contributed by atoms with E-state index < -0.39 is 5.60 Å². The largest absolute Gasteiger partial charge is 0.384 e. The van der Waals surface area contributed by atoms with E-state index in [9.17, 15) is 5.11 Å². The molecule has 31 heavy (non-hydrogen) atoms. The Labute approximate surface area is 194 Å². The van der Waals surface area contributed by atoms with E-state index in [4.69, 9.17) is 23.2 Å². The minimum atomic E-state index is -0.921. The number of β-amino-alcohol motifs (C(OH)–C–C–N with tert-alkyl or cyclic N) is 1. The Balaban J connectivity index is 1.62. The Kier molecular flexibility index (Phi) is 6.59. The molecule has 0 amide bonds. The van der Waals surface area contributed by atoms with Crippen LogP contribution in [-0.4, -0.2) is 36.2 Å². The van der Waals surface area contributed by atoms with Gasteiger partial charge < -0.3 is 10.0 Å². The van der Waals surface area contributed by atoms with Crippen molar-refractivity contribution in [1.82, 2.24) is 4.90 Å². The summed E-state index contributed by atoms with van der Waals surface area (Å²) in [6.45, 7) is 6.96. The minimum absolute atomic E-state index is 0.109. The van der Waals surface area contributed by atoms with Crippen LogP contribution in [0.3, 0.4) is 0 Å². The number of anilines is 1. The van der Waals surface area contributed by atoms with Gasteiger partial charge in [-0.15, -0.1) is 0 Å². The summed E-state index contributed by atoms with van der Waals surface area (Å²) < 4.78 is 0. The van der Waals surface area contributed by atoms with Gasteiger partial charge in [-0.3, -0.25) is 4.90 Å². The first kappa shape index (κ1) is 22.2. The summed E-state index contributed by atoms with van der Waals surface area (Å²) in [7, 11) is 0. The molecule has 0 radical (unpaired) electrons. The van der Waals surface area contributed by atoms with Crippen LogP contribution in [0.2, 0.25) is 10.0 Å². The molecule has 3 aromatic rings. The van der Waals surface area contributed by atoms with Crippen LogP contribution in [0.5, 0.6) is 0 Å². The topological polar surface area (TPSA) is 26.7 Å². The highest BCUT2D eigenvalue weighted by Crippen LogP contribution is 2.36. The Hall–Kier alpha value is -2.04. The molecule has 0 saturated carbocycles. The molecule has 1 aliphatic heterocycles. The lowest BCUT2D eigenvalue weighted by atomic mass is 9.94. The molecule has 5 heteroatoms. The van der Waals surface area contributed by atoms with Gasteiger partial charge >= 0.3 is 0 Å². The average Bonchev–Trinajstić information content (AvgIpc) is 2.75. The Morgan fingerprint density at radius 2 is 1.68 bits per heavy atom. The van der Waals surface area contributed by atoms with Crippen molar-refractivity contribution in [1.29, 1.82) is 0 Å². The van der Waals surface area contributed by atoms with Gasteiger partial charge in [-0.2, -0.15) is 0 Å². The van der Waals surface area contributed by atoms with Crippen molar-refractivity contribution in [2.45, 2.75) is 25.5 Å². The van der Waals surface area contributed by atoms with Crippen LogP contribution in [0.15, 0.2) is 72.8 Å². The second-order valence-corrected chi connectivity index (χ2v) is 9.43. The quantitative estimate of drug-likeness (QED) is 0.506.